The Kier molecular flexibility index (Phi) is 7.81. The third kappa shape index (κ3) is 7.10. The molecule has 25 heavy (non-hydrogen) atoms. The van der Waals surface area contributed by atoms with Gasteiger partial charge >= 0.3 is 5.97 Å². The van der Waals surface area contributed by atoms with Crippen molar-refractivity contribution in [1.29, 1.82) is 0 Å². The fraction of sp³-hybridized carbons (Fsp3) is 0.333. The van der Waals surface area contributed by atoms with Gasteiger partial charge in [-0.15, -0.1) is 23.1 Å². The van der Waals surface area contributed by atoms with E-state index in [0.29, 0.717) is 12.3 Å². The molecule has 2 rings (SSSR count). The number of carbonyl (C=O) groups excluding carboxylic acids is 2. The number of esters is 1. The number of thiophene rings is 1. The van der Waals surface area contributed by atoms with Crippen LogP contribution in [0.4, 0.5) is 0 Å². The number of rotatable bonds is 8. The fourth-order valence-electron chi connectivity index (χ4n) is 1.99. The predicted molar refractivity (Wildman–Crippen MR) is 104 cm³/mol. The van der Waals surface area contributed by atoms with Gasteiger partial charge in [0.2, 0.25) is 0 Å². The first-order valence-electron chi connectivity index (χ1n) is 7.78. The number of thioether (sulfide) groups is 1. The summed E-state index contributed by atoms with van der Waals surface area (Å²) in [4.78, 5) is 24.9. The molecule has 0 saturated carbocycles. The normalized spacial score (nSPS) is 11.8. The van der Waals surface area contributed by atoms with Gasteiger partial charge in [-0.1, -0.05) is 41.4 Å². The molecule has 0 aliphatic carbocycles. The Balaban J connectivity index is 1.66. The topological polar surface area (TPSA) is 55.4 Å². The monoisotopic (exact) mass is 397 g/mol. The van der Waals surface area contributed by atoms with Gasteiger partial charge in [0.15, 0.2) is 6.10 Å². The van der Waals surface area contributed by atoms with Crippen LogP contribution in [0, 0.1) is 6.92 Å². The Morgan fingerprint density at radius 3 is 2.60 bits per heavy atom. The van der Waals surface area contributed by atoms with Crippen molar-refractivity contribution in [3.8, 4) is 0 Å². The van der Waals surface area contributed by atoms with Crippen LogP contribution in [-0.2, 0) is 26.6 Å². The molecule has 0 aliphatic rings. The summed E-state index contributed by atoms with van der Waals surface area (Å²) < 4.78 is 5.90. The lowest BCUT2D eigenvalue weighted by Crippen LogP contribution is -2.35. The van der Waals surface area contributed by atoms with Crippen LogP contribution < -0.4 is 5.32 Å². The summed E-state index contributed by atoms with van der Waals surface area (Å²) in [5.74, 6) is 0.195. The second-order valence-corrected chi connectivity index (χ2v) is 8.32. The van der Waals surface area contributed by atoms with E-state index in [2.05, 4.69) is 5.32 Å². The third-order valence-electron chi connectivity index (χ3n) is 3.36. The van der Waals surface area contributed by atoms with Crippen LogP contribution in [0.25, 0.3) is 0 Å². The number of hydrogen-bond donors (Lipinski definition) is 1. The molecule has 0 spiro atoms. The van der Waals surface area contributed by atoms with E-state index in [1.54, 1.807) is 6.92 Å². The number of ether oxygens (including phenoxy) is 1. The molecule has 0 unspecified atom stereocenters. The van der Waals surface area contributed by atoms with Crippen LogP contribution in [0.5, 0.6) is 0 Å². The van der Waals surface area contributed by atoms with E-state index in [1.807, 2.05) is 43.3 Å². The summed E-state index contributed by atoms with van der Waals surface area (Å²) in [7, 11) is 0. The largest absolute Gasteiger partial charge is 0.452 e. The maximum absolute atomic E-state index is 12.0. The number of amides is 1. The van der Waals surface area contributed by atoms with E-state index in [4.69, 9.17) is 16.3 Å². The molecule has 0 fully saturated rings. The molecule has 1 aromatic heterocycles. The second-order valence-electron chi connectivity index (χ2n) is 5.53. The molecular weight excluding hydrogens is 378 g/mol. The lowest BCUT2D eigenvalue weighted by molar-refractivity contribution is -0.152. The fourth-order valence-corrected chi connectivity index (χ4v) is 3.99. The summed E-state index contributed by atoms with van der Waals surface area (Å²) in [6, 6.07) is 11.7. The summed E-state index contributed by atoms with van der Waals surface area (Å²) in [6.45, 7) is 4.00. The van der Waals surface area contributed by atoms with Crippen LogP contribution in [0.2, 0.25) is 4.34 Å². The van der Waals surface area contributed by atoms with Gasteiger partial charge in [0, 0.05) is 17.2 Å². The van der Waals surface area contributed by atoms with Crippen LogP contribution in [-0.4, -0.2) is 23.7 Å². The van der Waals surface area contributed by atoms with Gasteiger partial charge in [0.1, 0.15) is 0 Å². The Hall–Kier alpha value is -1.50. The van der Waals surface area contributed by atoms with E-state index in [1.165, 1.54) is 28.7 Å². The van der Waals surface area contributed by atoms with Gasteiger partial charge in [0.25, 0.3) is 5.91 Å². The number of nitrogens with one attached hydrogen (secondary N) is 1. The minimum atomic E-state index is -0.810. The molecule has 4 nitrogen and oxygen atoms in total. The zero-order chi connectivity index (χ0) is 18.2. The molecule has 1 heterocycles. The van der Waals surface area contributed by atoms with E-state index in [0.717, 1.165) is 14.8 Å². The zero-order valence-electron chi connectivity index (χ0n) is 14.1. The summed E-state index contributed by atoms with van der Waals surface area (Å²) in [5, 5.41) is 2.77. The Labute approximate surface area is 160 Å². The van der Waals surface area contributed by atoms with Crippen LogP contribution in [0.3, 0.4) is 0 Å². The molecule has 0 saturated heterocycles. The third-order valence-corrected chi connectivity index (χ3v) is 5.73. The first-order chi connectivity index (χ1) is 11.9. The number of halogens is 1. The molecule has 1 aromatic carbocycles. The van der Waals surface area contributed by atoms with Gasteiger partial charge < -0.3 is 10.1 Å². The van der Waals surface area contributed by atoms with Crippen molar-refractivity contribution in [2.24, 2.45) is 0 Å². The van der Waals surface area contributed by atoms with Crippen molar-refractivity contribution in [3.05, 3.63) is 56.7 Å². The summed E-state index contributed by atoms with van der Waals surface area (Å²) in [5.41, 5.74) is 2.17. The smallest absolute Gasteiger partial charge is 0.316 e. The molecule has 1 amide bonds. The van der Waals surface area contributed by atoms with Crippen LogP contribution >= 0.6 is 34.7 Å². The van der Waals surface area contributed by atoms with Gasteiger partial charge in [-0.3, -0.25) is 9.59 Å². The average Bonchev–Trinajstić information content (AvgIpc) is 2.99. The van der Waals surface area contributed by atoms with Gasteiger partial charge in [-0.25, -0.2) is 0 Å². The molecule has 0 radical (unpaired) electrons. The highest BCUT2D eigenvalue weighted by Gasteiger charge is 2.17. The molecule has 0 bridgehead atoms. The zero-order valence-corrected chi connectivity index (χ0v) is 16.5. The van der Waals surface area contributed by atoms with Crippen molar-refractivity contribution in [3.63, 3.8) is 0 Å². The van der Waals surface area contributed by atoms with Crippen molar-refractivity contribution in [2.45, 2.75) is 32.2 Å². The van der Waals surface area contributed by atoms with Gasteiger partial charge in [0.05, 0.1) is 10.1 Å². The quantitative estimate of drug-likeness (QED) is 0.678. The highest BCUT2D eigenvalue weighted by molar-refractivity contribution is 7.99. The maximum atomic E-state index is 12.0. The van der Waals surface area contributed by atoms with Crippen molar-refractivity contribution >= 4 is 46.6 Å². The molecular formula is C18H20ClNO3S2. The molecule has 1 N–H and O–H groups in total. The number of carbonyl (C=O) groups is 2. The van der Waals surface area contributed by atoms with Gasteiger partial charge in [-0.2, -0.15) is 0 Å². The predicted octanol–water partition coefficient (Wildman–Crippen LogP) is 4.19. The van der Waals surface area contributed by atoms with E-state index < -0.39 is 12.1 Å². The first kappa shape index (κ1) is 19.8. The average molecular weight is 398 g/mol. The standard InChI is InChI=1S/C18H20ClNO3S2/c1-12-3-5-14(6-4-12)9-20-18(22)13(2)23-17(21)11-24-10-15-7-8-16(19)25-15/h3-8,13H,9-11H2,1-2H3,(H,20,22)/t13-/m1/s1. The molecule has 7 heteroatoms. The van der Waals surface area contributed by atoms with E-state index in [-0.39, 0.29) is 11.7 Å². The lowest BCUT2D eigenvalue weighted by Gasteiger charge is -2.13. The lowest BCUT2D eigenvalue weighted by atomic mass is 10.1. The van der Waals surface area contributed by atoms with E-state index in [9.17, 15) is 9.59 Å². The second kappa shape index (κ2) is 9.85. The highest BCUT2D eigenvalue weighted by atomic mass is 35.5. The van der Waals surface area contributed by atoms with Crippen molar-refractivity contribution in [2.75, 3.05) is 5.75 Å². The SMILES string of the molecule is Cc1ccc(CNC(=O)[C@@H](C)OC(=O)CSCc2ccc(Cl)s2)cc1. The Morgan fingerprint density at radius 1 is 1.24 bits per heavy atom. The summed E-state index contributed by atoms with van der Waals surface area (Å²) >= 11 is 8.79. The number of aryl methyl sites for hydroxylation is 1. The maximum Gasteiger partial charge on any atom is 0.316 e. The Bertz CT molecular complexity index is 715. The Morgan fingerprint density at radius 2 is 1.96 bits per heavy atom. The van der Waals surface area contributed by atoms with E-state index >= 15 is 0 Å². The molecule has 0 aliphatic heterocycles. The van der Waals surface area contributed by atoms with Crippen molar-refractivity contribution < 1.29 is 14.3 Å². The minimum absolute atomic E-state index is 0.200. The minimum Gasteiger partial charge on any atom is -0.452 e. The summed E-state index contributed by atoms with van der Waals surface area (Å²) in [6.07, 6.45) is -0.810. The molecule has 1 atom stereocenters. The van der Waals surface area contributed by atoms with Crippen LogP contribution in [0.15, 0.2) is 36.4 Å². The van der Waals surface area contributed by atoms with Crippen LogP contribution in [0.1, 0.15) is 22.9 Å². The van der Waals surface area contributed by atoms with Crippen molar-refractivity contribution in [1.82, 2.24) is 5.32 Å². The molecule has 134 valence electrons. The highest BCUT2D eigenvalue weighted by Crippen LogP contribution is 2.25. The number of benzene rings is 1. The molecule has 2 aromatic rings. The van der Waals surface area contributed by atoms with Gasteiger partial charge in [-0.05, 0) is 31.5 Å². The first-order valence-corrected chi connectivity index (χ1v) is 10.1. The number of hydrogen-bond acceptors (Lipinski definition) is 5.